The SMILES string of the molecule is CCCc1c(NCC)ncnc1OC(C)COCC. The number of aromatic nitrogens is 2. The maximum atomic E-state index is 5.87. The highest BCUT2D eigenvalue weighted by Gasteiger charge is 2.14. The van der Waals surface area contributed by atoms with Gasteiger partial charge in [0.25, 0.3) is 0 Å². The third-order valence-electron chi connectivity index (χ3n) is 2.62. The van der Waals surface area contributed by atoms with E-state index in [1.54, 1.807) is 6.33 Å². The fourth-order valence-electron chi connectivity index (χ4n) is 1.80. The molecule has 0 aromatic carbocycles. The minimum atomic E-state index is -0.0140. The highest BCUT2D eigenvalue weighted by molar-refractivity contribution is 5.48. The van der Waals surface area contributed by atoms with Gasteiger partial charge >= 0.3 is 0 Å². The van der Waals surface area contributed by atoms with E-state index >= 15 is 0 Å². The van der Waals surface area contributed by atoms with Gasteiger partial charge < -0.3 is 14.8 Å². The monoisotopic (exact) mass is 267 g/mol. The summed E-state index contributed by atoms with van der Waals surface area (Å²) in [7, 11) is 0. The molecule has 1 atom stereocenters. The molecule has 19 heavy (non-hydrogen) atoms. The summed E-state index contributed by atoms with van der Waals surface area (Å²) in [5, 5.41) is 3.26. The van der Waals surface area contributed by atoms with Gasteiger partial charge in [-0.15, -0.1) is 0 Å². The van der Waals surface area contributed by atoms with Crippen molar-refractivity contribution in [2.75, 3.05) is 25.1 Å². The van der Waals surface area contributed by atoms with Crippen LogP contribution in [-0.4, -0.2) is 35.8 Å². The molecule has 1 aromatic rings. The Kier molecular flexibility index (Phi) is 7.18. The minimum Gasteiger partial charge on any atom is -0.472 e. The largest absolute Gasteiger partial charge is 0.472 e. The number of rotatable bonds is 9. The van der Waals surface area contributed by atoms with Crippen LogP contribution < -0.4 is 10.1 Å². The molecule has 5 heteroatoms. The van der Waals surface area contributed by atoms with Crippen LogP contribution >= 0.6 is 0 Å². The van der Waals surface area contributed by atoms with E-state index in [0.29, 0.717) is 19.1 Å². The molecule has 1 heterocycles. The van der Waals surface area contributed by atoms with Crippen LogP contribution in [-0.2, 0) is 11.2 Å². The Hall–Kier alpha value is -1.36. The molecular formula is C14H25N3O2. The lowest BCUT2D eigenvalue weighted by atomic mass is 10.1. The van der Waals surface area contributed by atoms with E-state index in [2.05, 4.69) is 29.1 Å². The third kappa shape index (κ3) is 5.03. The van der Waals surface area contributed by atoms with Crippen molar-refractivity contribution in [1.29, 1.82) is 0 Å². The van der Waals surface area contributed by atoms with Crippen LogP contribution in [0.1, 0.15) is 39.7 Å². The molecule has 0 radical (unpaired) electrons. The number of nitrogens with zero attached hydrogens (tertiary/aromatic N) is 2. The van der Waals surface area contributed by atoms with Gasteiger partial charge in [-0.05, 0) is 27.2 Å². The topological polar surface area (TPSA) is 56.3 Å². The highest BCUT2D eigenvalue weighted by Crippen LogP contribution is 2.24. The highest BCUT2D eigenvalue weighted by atomic mass is 16.5. The Morgan fingerprint density at radius 1 is 1.26 bits per heavy atom. The lowest BCUT2D eigenvalue weighted by Crippen LogP contribution is -2.21. The van der Waals surface area contributed by atoms with Crippen molar-refractivity contribution in [3.63, 3.8) is 0 Å². The summed E-state index contributed by atoms with van der Waals surface area (Å²) in [6.07, 6.45) is 3.46. The summed E-state index contributed by atoms with van der Waals surface area (Å²) < 4.78 is 11.2. The van der Waals surface area contributed by atoms with Crippen LogP contribution in [0.3, 0.4) is 0 Å². The average molecular weight is 267 g/mol. The van der Waals surface area contributed by atoms with Crippen molar-refractivity contribution in [2.45, 2.75) is 46.6 Å². The molecule has 108 valence electrons. The number of nitrogens with one attached hydrogen (secondary N) is 1. The minimum absolute atomic E-state index is 0.0140. The normalized spacial score (nSPS) is 12.2. The summed E-state index contributed by atoms with van der Waals surface area (Å²) in [6, 6.07) is 0. The van der Waals surface area contributed by atoms with Gasteiger partial charge in [0.15, 0.2) is 0 Å². The lowest BCUT2D eigenvalue weighted by Gasteiger charge is -2.18. The summed E-state index contributed by atoms with van der Waals surface area (Å²) in [6.45, 7) is 10.3. The maximum Gasteiger partial charge on any atom is 0.222 e. The summed E-state index contributed by atoms with van der Waals surface area (Å²) in [5.74, 6) is 1.54. The molecule has 0 aliphatic heterocycles. The van der Waals surface area contributed by atoms with Gasteiger partial charge in [-0.1, -0.05) is 13.3 Å². The molecule has 1 aromatic heterocycles. The predicted octanol–water partition coefficient (Wildman–Crippen LogP) is 2.66. The van der Waals surface area contributed by atoms with Crippen LogP contribution in [0, 0.1) is 0 Å². The quantitative estimate of drug-likeness (QED) is 0.745. The molecule has 0 fully saturated rings. The van der Waals surface area contributed by atoms with E-state index in [4.69, 9.17) is 9.47 Å². The molecule has 0 spiro atoms. The van der Waals surface area contributed by atoms with Gasteiger partial charge in [0.05, 0.1) is 12.2 Å². The number of hydrogen-bond acceptors (Lipinski definition) is 5. The van der Waals surface area contributed by atoms with Crippen LogP contribution in [0.2, 0.25) is 0 Å². The fraction of sp³-hybridized carbons (Fsp3) is 0.714. The third-order valence-corrected chi connectivity index (χ3v) is 2.62. The van der Waals surface area contributed by atoms with E-state index < -0.39 is 0 Å². The van der Waals surface area contributed by atoms with E-state index in [1.165, 1.54) is 0 Å². The van der Waals surface area contributed by atoms with Crippen molar-refractivity contribution in [2.24, 2.45) is 0 Å². The van der Waals surface area contributed by atoms with Gasteiger partial charge in [-0.25, -0.2) is 9.97 Å². The van der Waals surface area contributed by atoms with E-state index in [1.807, 2.05) is 13.8 Å². The molecule has 0 saturated carbocycles. The standard InChI is InChI=1S/C14H25N3O2/c1-5-8-12-13(15-6-2)16-10-17-14(12)19-11(4)9-18-7-3/h10-11H,5-9H2,1-4H3,(H,15,16,17). The molecule has 0 amide bonds. The van der Waals surface area contributed by atoms with Crippen molar-refractivity contribution < 1.29 is 9.47 Å². The summed E-state index contributed by atoms with van der Waals surface area (Å²) in [5.41, 5.74) is 1.05. The van der Waals surface area contributed by atoms with Crippen LogP contribution in [0.15, 0.2) is 6.33 Å². The van der Waals surface area contributed by atoms with Crippen molar-refractivity contribution >= 4 is 5.82 Å². The maximum absolute atomic E-state index is 5.87. The van der Waals surface area contributed by atoms with Gasteiger partial charge in [0.2, 0.25) is 5.88 Å². The zero-order valence-corrected chi connectivity index (χ0v) is 12.4. The molecule has 0 aliphatic carbocycles. The first kappa shape index (κ1) is 15.7. The summed E-state index contributed by atoms with van der Waals surface area (Å²) in [4.78, 5) is 8.54. The van der Waals surface area contributed by atoms with Gasteiger partial charge in [0.1, 0.15) is 18.2 Å². The lowest BCUT2D eigenvalue weighted by molar-refractivity contribution is 0.0627. The first-order chi connectivity index (χ1) is 9.22. The average Bonchev–Trinajstić information content (AvgIpc) is 2.40. The molecular weight excluding hydrogens is 242 g/mol. The van der Waals surface area contributed by atoms with E-state index in [-0.39, 0.29) is 6.10 Å². The number of hydrogen-bond donors (Lipinski definition) is 1. The summed E-state index contributed by atoms with van der Waals surface area (Å²) >= 11 is 0. The first-order valence-corrected chi connectivity index (χ1v) is 7.04. The second-order valence-electron chi connectivity index (χ2n) is 4.37. The van der Waals surface area contributed by atoms with Gasteiger partial charge in [-0.2, -0.15) is 0 Å². The van der Waals surface area contributed by atoms with Crippen LogP contribution in [0.25, 0.3) is 0 Å². The Morgan fingerprint density at radius 2 is 2.05 bits per heavy atom. The second-order valence-corrected chi connectivity index (χ2v) is 4.37. The molecule has 1 rings (SSSR count). The van der Waals surface area contributed by atoms with Gasteiger partial charge in [0, 0.05) is 13.2 Å². The number of anilines is 1. The molecule has 0 bridgehead atoms. The Balaban J connectivity index is 2.82. The fourth-order valence-corrected chi connectivity index (χ4v) is 1.80. The Bertz CT molecular complexity index is 372. The molecule has 1 N–H and O–H groups in total. The van der Waals surface area contributed by atoms with Crippen molar-refractivity contribution in [3.05, 3.63) is 11.9 Å². The second kappa shape index (κ2) is 8.69. The zero-order valence-electron chi connectivity index (χ0n) is 12.4. The van der Waals surface area contributed by atoms with Crippen LogP contribution in [0.4, 0.5) is 5.82 Å². The molecule has 0 aliphatic rings. The Morgan fingerprint density at radius 3 is 2.68 bits per heavy atom. The zero-order chi connectivity index (χ0) is 14.1. The van der Waals surface area contributed by atoms with Gasteiger partial charge in [-0.3, -0.25) is 0 Å². The number of ether oxygens (including phenoxy) is 2. The molecule has 5 nitrogen and oxygen atoms in total. The van der Waals surface area contributed by atoms with Crippen molar-refractivity contribution in [3.8, 4) is 5.88 Å². The van der Waals surface area contributed by atoms with E-state index in [9.17, 15) is 0 Å². The molecule has 1 unspecified atom stereocenters. The smallest absolute Gasteiger partial charge is 0.222 e. The predicted molar refractivity (Wildman–Crippen MR) is 76.8 cm³/mol. The van der Waals surface area contributed by atoms with E-state index in [0.717, 1.165) is 30.8 Å². The van der Waals surface area contributed by atoms with Crippen molar-refractivity contribution in [1.82, 2.24) is 9.97 Å². The van der Waals surface area contributed by atoms with Crippen LogP contribution in [0.5, 0.6) is 5.88 Å². The first-order valence-electron chi connectivity index (χ1n) is 7.04. The molecule has 0 saturated heterocycles. The Labute approximate surface area is 115 Å².